The van der Waals surface area contributed by atoms with Gasteiger partial charge in [-0.3, -0.25) is 4.40 Å². The lowest BCUT2D eigenvalue weighted by Crippen LogP contribution is -2.01. The van der Waals surface area contributed by atoms with Gasteiger partial charge in [-0.25, -0.2) is 4.79 Å². The van der Waals surface area contributed by atoms with E-state index in [1.54, 1.807) is 16.5 Å². The molecule has 7 heteroatoms. The molecule has 0 saturated carbocycles. The average molecular weight is 322 g/mol. The van der Waals surface area contributed by atoms with E-state index in [9.17, 15) is 4.79 Å². The fraction of sp³-hybridized carbons (Fsp3) is 0.0714. The maximum atomic E-state index is 11.2. The molecular formula is C14H9Cl2N3O2. The Labute approximate surface area is 129 Å². The maximum absolute atomic E-state index is 11.2. The number of hydrogen-bond donors (Lipinski definition) is 1. The Balaban J connectivity index is 2.33. The second kappa shape index (κ2) is 5.02. The van der Waals surface area contributed by atoms with Crippen LogP contribution in [0.2, 0.25) is 10.0 Å². The van der Waals surface area contributed by atoms with Crippen molar-refractivity contribution in [1.29, 1.82) is 0 Å². The van der Waals surface area contributed by atoms with Crippen LogP contribution in [0, 0.1) is 6.92 Å². The number of carboxylic acids is 1. The van der Waals surface area contributed by atoms with Gasteiger partial charge in [0.15, 0.2) is 11.5 Å². The molecule has 106 valence electrons. The second-order valence-electron chi connectivity index (χ2n) is 4.56. The standard InChI is InChI=1S/C14H9Cl2N3O2/c1-7-2-3-9(15)5-10(7)12-17-18-13-11(16)4-8(14(20)21)6-19(12)13/h2-6H,1H3,(H,20,21). The number of benzene rings is 1. The van der Waals surface area contributed by atoms with Gasteiger partial charge in [-0.15, -0.1) is 10.2 Å². The van der Waals surface area contributed by atoms with E-state index in [-0.39, 0.29) is 10.6 Å². The van der Waals surface area contributed by atoms with E-state index in [2.05, 4.69) is 10.2 Å². The van der Waals surface area contributed by atoms with Crippen molar-refractivity contribution in [2.24, 2.45) is 0 Å². The monoisotopic (exact) mass is 321 g/mol. The molecule has 0 amide bonds. The van der Waals surface area contributed by atoms with Crippen molar-refractivity contribution < 1.29 is 9.90 Å². The molecule has 0 saturated heterocycles. The van der Waals surface area contributed by atoms with Gasteiger partial charge < -0.3 is 5.11 Å². The molecule has 0 aliphatic carbocycles. The Morgan fingerprint density at radius 2 is 2.00 bits per heavy atom. The Morgan fingerprint density at radius 3 is 2.71 bits per heavy atom. The highest BCUT2D eigenvalue weighted by atomic mass is 35.5. The molecule has 3 aromatic rings. The van der Waals surface area contributed by atoms with Crippen molar-refractivity contribution in [3.05, 3.63) is 51.6 Å². The summed E-state index contributed by atoms with van der Waals surface area (Å²) in [4.78, 5) is 11.2. The summed E-state index contributed by atoms with van der Waals surface area (Å²) in [6, 6.07) is 6.75. The summed E-state index contributed by atoms with van der Waals surface area (Å²) in [7, 11) is 0. The van der Waals surface area contributed by atoms with Crippen molar-refractivity contribution in [3.8, 4) is 11.4 Å². The molecule has 0 atom stereocenters. The van der Waals surface area contributed by atoms with Gasteiger partial charge in [0.2, 0.25) is 0 Å². The molecule has 0 unspecified atom stereocenters. The minimum atomic E-state index is -1.07. The Morgan fingerprint density at radius 1 is 1.24 bits per heavy atom. The summed E-state index contributed by atoms with van der Waals surface area (Å²) in [5, 5.41) is 18.0. The molecule has 1 N–H and O–H groups in total. The van der Waals surface area contributed by atoms with Gasteiger partial charge in [0.25, 0.3) is 0 Å². The van der Waals surface area contributed by atoms with Crippen molar-refractivity contribution >= 4 is 34.8 Å². The van der Waals surface area contributed by atoms with Crippen LogP contribution in [0.15, 0.2) is 30.5 Å². The second-order valence-corrected chi connectivity index (χ2v) is 5.40. The number of nitrogens with zero attached hydrogens (tertiary/aromatic N) is 3. The molecule has 0 aliphatic rings. The molecule has 2 heterocycles. The molecule has 0 radical (unpaired) electrons. The van der Waals surface area contributed by atoms with E-state index in [0.29, 0.717) is 16.5 Å². The number of pyridine rings is 1. The van der Waals surface area contributed by atoms with Crippen molar-refractivity contribution in [2.45, 2.75) is 6.92 Å². The number of rotatable bonds is 2. The molecule has 5 nitrogen and oxygen atoms in total. The molecule has 0 bridgehead atoms. The number of fused-ring (bicyclic) bond motifs is 1. The fourth-order valence-corrected chi connectivity index (χ4v) is 2.51. The van der Waals surface area contributed by atoms with Crippen LogP contribution in [0.3, 0.4) is 0 Å². The number of carbonyl (C=O) groups is 1. The first-order chi connectivity index (χ1) is 9.97. The first-order valence-corrected chi connectivity index (χ1v) is 6.77. The SMILES string of the molecule is Cc1ccc(Cl)cc1-c1nnc2c(Cl)cc(C(=O)O)cn12. The van der Waals surface area contributed by atoms with Gasteiger partial charge >= 0.3 is 5.97 Å². The van der Waals surface area contributed by atoms with E-state index in [1.807, 2.05) is 13.0 Å². The highest BCUT2D eigenvalue weighted by molar-refractivity contribution is 6.33. The van der Waals surface area contributed by atoms with Crippen molar-refractivity contribution in [2.75, 3.05) is 0 Å². The van der Waals surface area contributed by atoms with Crippen LogP contribution in [0.4, 0.5) is 0 Å². The van der Waals surface area contributed by atoms with E-state index < -0.39 is 5.97 Å². The number of aryl methyl sites for hydroxylation is 1. The zero-order valence-corrected chi connectivity index (χ0v) is 12.4. The summed E-state index contributed by atoms with van der Waals surface area (Å²) in [5.41, 5.74) is 2.18. The zero-order valence-electron chi connectivity index (χ0n) is 10.8. The van der Waals surface area contributed by atoms with Crippen LogP contribution >= 0.6 is 23.2 Å². The maximum Gasteiger partial charge on any atom is 0.337 e. The van der Waals surface area contributed by atoms with Crippen LogP contribution in [0.5, 0.6) is 0 Å². The van der Waals surface area contributed by atoms with Crippen molar-refractivity contribution in [3.63, 3.8) is 0 Å². The number of aromatic carboxylic acids is 1. The third-order valence-electron chi connectivity index (χ3n) is 3.15. The molecule has 1 aromatic carbocycles. The van der Waals surface area contributed by atoms with Crippen LogP contribution in [0.1, 0.15) is 15.9 Å². The first kappa shape index (κ1) is 13.9. The lowest BCUT2D eigenvalue weighted by Gasteiger charge is -2.06. The van der Waals surface area contributed by atoms with E-state index in [1.165, 1.54) is 12.3 Å². The lowest BCUT2D eigenvalue weighted by molar-refractivity contribution is 0.0696. The quantitative estimate of drug-likeness (QED) is 0.781. The third kappa shape index (κ3) is 2.34. The molecule has 21 heavy (non-hydrogen) atoms. The van der Waals surface area contributed by atoms with Gasteiger partial charge in [-0.05, 0) is 30.7 Å². The fourth-order valence-electron chi connectivity index (χ4n) is 2.09. The Kier molecular flexibility index (Phi) is 3.31. The highest BCUT2D eigenvalue weighted by Crippen LogP contribution is 2.28. The van der Waals surface area contributed by atoms with Crippen LogP contribution in [-0.4, -0.2) is 25.7 Å². The topological polar surface area (TPSA) is 67.5 Å². The highest BCUT2D eigenvalue weighted by Gasteiger charge is 2.16. The summed E-state index contributed by atoms with van der Waals surface area (Å²) < 4.78 is 1.56. The van der Waals surface area contributed by atoms with Crippen LogP contribution < -0.4 is 0 Å². The number of hydrogen-bond acceptors (Lipinski definition) is 3. The number of halogens is 2. The molecule has 2 aromatic heterocycles. The molecule has 3 rings (SSSR count). The van der Waals surface area contributed by atoms with Crippen LogP contribution in [0.25, 0.3) is 17.0 Å². The summed E-state index contributed by atoms with van der Waals surface area (Å²) in [6.07, 6.45) is 1.44. The molecular weight excluding hydrogens is 313 g/mol. The Hall–Kier alpha value is -2.11. The van der Waals surface area contributed by atoms with Crippen molar-refractivity contribution in [1.82, 2.24) is 14.6 Å². The first-order valence-electron chi connectivity index (χ1n) is 6.01. The van der Waals surface area contributed by atoms with Gasteiger partial charge in [0.05, 0.1) is 10.6 Å². The lowest BCUT2D eigenvalue weighted by atomic mass is 10.1. The molecule has 0 fully saturated rings. The van der Waals surface area contributed by atoms with E-state index >= 15 is 0 Å². The molecule has 0 spiro atoms. The third-order valence-corrected chi connectivity index (χ3v) is 3.66. The summed E-state index contributed by atoms with van der Waals surface area (Å²) >= 11 is 12.1. The average Bonchev–Trinajstić information content (AvgIpc) is 2.85. The number of aromatic nitrogens is 3. The summed E-state index contributed by atoms with van der Waals surface area (Å²) in [6.45, 7) is 1.91. The molecule has 0 aliphatic heterocycles. The van der Waals surface area contributed by atoms with Gasteiger partial charge in [0.1, 0.15) is 0 Å². The van der Waals surface area contributed by atoms with Crippen LogP contribution in [-0.2, 0) is 0 Å². The van der Waals surface area contributed by atoms with E-state index in [0.717, 1.165) is 11.1 Å². The minimum absolute atomic E-state index is 0.0632. The van der Waals surface area contributed by atoms with Gasteiger partial charge in [0, 0.05) is 16.8 Å². The Bertz CT molecular complexity index is 874. The zero-order chi connectivity index (χ0) is 15.1. The smallest absolute Gasteiger partial charge is 0.337 e. The largest absolute Gasteiger partial charge is 0.478 e. The number of carboxylic acid groups (broad SMARTS) is 1. The normalized spacial score (nSPS) is 11.0. The van der Waals surface area contributed by atoms with E-state index in [4.69, 9.17) is 28.3 Å². The summed E-state index contributed by atoms with van der Waals surface area (Å²) in [5.74, 6) is -0.573. The van der Waals surface area contributed by atoms with Gasteiger partial charge in [-0.2, -0.15) is 0 Å². The predicted octanol–water partition coefficient (Wildman–Crippen LogP) is 3.71. The van der Waals surface area contributed by atoms with Gasteiger partial charge in [-0.1, -0.05) is 29.3 Å². The predicted molar refractivity (Wildman–Crippen MR) is 80.1 cm³/mol. The minimum Gasteiger partial charge on any atom is -0.478 e.